The molecule has 0 aromatic rings. The first-order valence-electron chi connectivity index (χ1n) is 7.23. The fourth-order valence-electron chi connectivity index (χ4n) is 3.05. The zero-order chi connectivity index (χ0) is 14.6. The minimum Gasteiger partial charge on any atom is -0.277 e. The molecule has 0 unspecified atom stereocenters. The van der Waals surface area contributed by atoms with Gasteiger partial charge in [-0.05, 0) is 19.3 Å². The van der Waals surface area contributed by atoms with E-state index in [0.29, 0.717) is 25.7 Å². The van der Waals surface area contributed by atoms with Gasteiger partial charge in [-0.2, -0.15) is 0 Å². The van der Waals surface area contributed by atoms with Gasteiger partial charge in [0.25, 0.3) is 0 Å². The molecule has 2 aliphatic rings. The van der Waals surface area contributed by atoms with Gasteiger partial charge in [0, 0.05) is 13.0 Å². The fraction of sp³-hybridized carbons (Fsp3) is 0.667. The molecule has 0 aromatic heterocycles. The van der Waals surface area contributed by atoms with Crippen molar-refractivity contribution in [1.82, 2.24) is 10.2 Å². The number of nitrogens with one attached hydrogen (secondary N) is 1. The van der Waals surface area contributed by atoms with Crippen LogP contribution in [0.15, 0.2) is 0 Å². The quantitative estimate of drug-likeness (QED) is 0.486. The van der Waals surface area contributed by atoms with Gasteiger partial charge in [-0.3, -0.25) is 19.8 Å². The van der Waals surface area contributed by atoms with Crippen LogP contribution >= 0.6 is 0 Å². The molecule has 1 N–H and O–H groups in total. The number of carbonyl (C=O) groups is 3. The van der Waals surface area contributed by atoms with E-state index in [-0.39, 0.29) is 12.5 Å². The van der Waals surface area contributed by atoms with E-state index >= 15 is 0 Å². The molecule has 5 heteroatoms. The van der Waals surface area contributed by atoms with Crippen molar-refractivity contribution in [2.24, 2.45) is 5.41 Å². The number of hydrogen-bond acceptors (Lipinski definition) is 3. The summed E-state index contributed by atoms with van der Waals surface area (Å²) in [5, 5.41) is 2.35. The highest BCUT2D eigenvalue weighted by molar-refractivity contribution is 6.19. The molecule has 2 rings (SSSR count). The van der Waals surface area contributed by atoms with Crippen molar-refractivity contribution < 1.29 is 14.4 Å². The zero-order valence-corrected chi connectivity index (χ0v) is 11.6. The summed E-state index contributed by atoms with van der Waals surface area (Å²) in [6.45, 7) is 0.282. The van der Waals surface area contributed by atoms with Crippen LogP contribution in [0.1, 0.15) is 51.4 Å². The van der Waals surface area contributed by atoms with Gasteiger partial charge in [0.15, 0.2) is 0 Å². The van der Waals surface area contributed by atoms with E-state index in [1.807, 2.05) is 0 Å². The highest BCUT2D eigenvalue weighted by Crippen LogP contribution is 2.39. The topological polar surface area (TPSA) is 66.5 Å². The third-order valence-corrected chi connectivity index (χ3v) is 4.21. The van der Waals surface area contributed by atoms with Gasteiger partial charge < -0.3 is 0 Å². The van der Waals surface area contributed by atoms with Crippen molar-refractivity contribution in [2.45, 2.75) is 51.4 Å². The normalized spacial score (nSPS) is 22.4. The van der Waals surface area contributed by atoms with E-state index < -0.39 is 17.4 Å². The lowest BCUT2D eigenvalue weighted by atomic mass is 9.77. The molecule has 0 atom stereocenters. The Bertz CT molecular complexity index is 456. The molecule has 2 fully saturated rings. The number of imide groups is 2. The van der Waals surface area contributed by atoms with Crippen molar-refractivity contribution in [3.8, 4) is 12.3 Å². The van der Waals surface area contributed by atoms with Crippen molar-refractivity contribution in [3.05, 3.63) is 0 Å². The van der Waals surface area contributed by atoms with E-state index in [2.05, 4.69) is 11.2 Å². The molecule has 5 nitrogen and oxygen atoms in total. The summed E-state index contributed by atoms with van der Waals surface area (Å²) in [6.07, 6.45) is 11.1. The SMILES string of the molecule is C#CCCCN1C(=O)NC(=O)C2(CCCCCC2)C1=O. The zero-order valence-electron chi connectivity index (χ0n) is 11.6. The van der Waals surface area contributed by atoms with Crippen molar-refractivity contribution in [2.75, 3.05) is 6.54 Å². The Morgan fingerprint density at radius 1 is 1.15 bits per heavy atom. The minimum absolute atomic E-state index is 0.282. The van der Waals surface area contributed by atoms with Gasteiger partial charge >= 0.3 is 6.03 Å². The number of hydrogen-bond donors (Lipinski definition) is 1. The van der Waals surface area contributed by atoms with Gasteiger partial charge in [0.05, 0.1) is 0 Å². The fourth-order valence-corrected chi connectivity index (χ4v) is 3.05. The molecule has 1 heterocycles. The Morgan fingerprint density at radius 2 is 1.80 bits per heavy atom. The summed E-state index contributed by atoms with van der Waals surface area (Å²) in [6, 6.07) is -0.605. The van der Waals surface area contributed by atoms with Gasteiger partial charge in [-0.1, -0.05) is 25.7 Å². The number of nitrogens with zero attached hydrogens (tertiary/aromatic N) is 1. The van der Waals surface area contributed by atoms with Crippen LogP contribution in [-0.4, -0.2) is 29.3 Å². The summed E-state index contributed by atoms with van der Waals surface area (Å²) in [5.41, 5.74) is -1.03. The van der Waals surface area contributed by atoms with Gasteiger partial charge in [-0.25, -0.2) is 4.79 Å². The predicted molar refractivity (Wildman–Crippen MR) is 73.5 cm³/mol. The predicted octanol–water partition coefficient (Wildman–Crippen LogP) is 1.82. The van der Waals surface area contributed by atoms with E-state index in [1.54, 1.807) is 0 Å². The lowest BCUT2D eigenvalue weighted by Crippen LogP contribution is -2.63. The van der Waals surface area contributed by atoms with Crippen LogP contribution in [0.3, 0.4) is 0 Å². The molecule has 4 amide bonds. The molecular weight excluding hydrogens is 256 g/mol. The smallest absolute Gasteiger partial charge is 0.277 e. The average Bonchev–Trinajstić information content (AvgIpc) is 2.68. The molecule has 1 saturated carbocycles. The molecule has 1 saturated heterocycles. The number of terminal acetylenes is 1. The van der Waals surface area contributed by atoms with Crippen molar-refractivity contribution in [1.29, 1.82) is 0 Å². The Hall–Kier alpha value is -1.83. The molecule has 0 radical (unpaired) electrons. The lowest BCUT2D eigenvalue weighted by molar-refractivity contribution is -0.152. The first-order valence-corrected chi connectivity index (χ1v) is 7.23. The number of unbranched alkanes of at least 4 members (excludes halogenated alkanes) is 1. The first-order chi connectivity index (χ1) is 9.62. The third-order valence-electron chi connectivity index (χ3n) is 4.21. The highest BCUT2D eigenvalue weighted by Gasteiger charge is 2.52. The number of barbiturate groups is 1. The number of urea groups is 1. The van der Waals surface area contributed by atoms with Crippen LogP contribution < -0.4 is 5.32 Å². The van der Waals surface area contributed by atoms with E-state index in [1.165, 1.54) is 4.90 Å². The summed E-state index contributed by atoms with van der Waals surface area (Å²) >= 11 is 0. The van der Waals surface area contributed by atoms with Crippen LogP contribution in [0.2, 0.25) is 0 Å². The summed E-state index contributed by atoms with van der Waals surface area (Å²) < 4.78 is 0. The Kier molecular flexibility index (Phi) is 4.43. The highest BCUT2D eigenvalue weighted by atomic mass is 16.2. The molecule has 0 aromatic carbocycles. The lowest BCUT2D eigenvalue weighted by Gasteiger charge is -2.38. The van der Waals surface area contributed by atoms with Crippen LogP contribution in [0.4, 0.5) is 4.79 Å². The molecular formula is C15H20N2O3. The molecule has 20 heavy (non-hydrogen) atoms. The average molecular weight is 276 g/mol. The van der Waals surface area contributed by atoms with Crippen LogP contribution in [0.5, 0.6) is 0 Å². The van der Waals surface area contributed by atoms with E-state index in [4.69, 9.17) is 6.42 Å². The number of amides is 4. The van der Waals surface area contributed by atoms with Crippen molar-refractivity contribution in [3.63, 3.8) is 0 Å². The van der Waals surface area contributed by atoms with Crippen LogP contribution in [0, 0.1) is 17.8 Å². The van der Waals surface area contributed by atoms with Crippen LogP contribution in [-0.2, 0) is 9.59 Å². The molecule has 0 bridgehead atoms. The molecule has 1 spiro atoms. The Morgan fingerprint density at radius 3 is 2.40 bits per heavy atom. The van der Waals surface area contributed by atoms with Gasteiger partial charge in [0.1, 0.15) is 5.41 Å². The minimum atomic E-state index is -1.03. The third kappa shape index (κ3) is 2.55. The Labute approximate surface area is 119 Å². The van der Waals surface area contributed by atoms with Gasteiger partial charge in [0.2, 0.25) is 11.8 Å². The number of carbonyl (C=O) groups excluding carboxylic acids is 3. The molecule has 108 valence electrons. The maximum atomic E-state index is 12.7. The number of rotatable bonds is 3. The summed E-state index contributed by atoms with van der Waals surface area (Å²) in [4.78, 5) is 37.9. The molecule has 1 aliphatic heterocycles. The largest absolute Gasteiger partial charge is 0.330 e. The van der Waals surface area contributed by atoms with Gasteiger partial charge in [-0.15, -0.1) is 12.3 Å². The van der Waals surface area contributed by atoms with Crippen LogP contribution in [0.25, 0.3) is 0 Å². The second-order valence-electron chi connectivity index (χ2n) is 5.52. The maximum absolute atomic E-state index is 12.7. The van der Waals surface area contributed by atoms with E-state index in [0.717, 1.165) is 25.7 Å². The Balaban J connectivity index is 2.19. The second kappa shape index (κ2) is 6.08. The monoisotopic (exact) mass is 276 g/mol. The first kappa shape index (κ1) is 14.6. The second-order valence-corrected chi connectivity index (χ2v) is 5.52. The maximum Gasteiger partial charge on any atom is 0.330 e. The summed E-state index contributed by atoms with van der Waals surface area (Å²) in [5.74, 6) is 1.75. The summed E-state index contributed by atoms with van der Waals surface area (Å²) in [7, 11) is 0. The van der Waals surface area contributed by atoms with E-state index in [9.17, 15) is 14.4 Å². The van der Waals surface area contributed by atoms with Crippen molar-refractivity contribution >= 4 is 17.8 Å². The molecule has 1 aliphatic carbocycles. The standard InChI is InChI=1S/C15H20N2O3/c1-2-3-8-11-17-13(19)15(12(18)16-14(17)20)9-6-4-5-7-10-15/h1H,3-11H2,(H,16,18,20).